The number of carbonyl (C=O) groups excluding carboxylic acids is 1. The number of nitrogens with one attached hydrogen (secondary N) is 1. The zero-order chi connectivity index (χ0) is 24.9. The fraction of sp³-hybridized carbons (Fsp3) is 0.269. The zero-order valence-corrected chi connectivity index (χ0v) is 20.8. The number of methoxy groups -OCH3 is 2. The Morgan fingerprint density at radius 3 is 2.00 bits per heavy atom. The van der Waals surface area contributed by atoms with Crippen LogP contribution < -0.4 is 19.1 Å². The van der Waals surface area contributed by atoms with E-state index in [-0.39, 0.29) is 23.2 Å². The molecule has 0 saturated carbocycles. The number of sulfonamides is 1. The molecule has 0 aliphatic rings. The van der Waals surface area contributed by atoms with Crippen molar-refractivity contribution >= 4 is 21.6 Å². The van der Waals surface area contributed by atoms with Crippen LogP contribution in [-0.4, -0.2) is 35.1 Å². The maximum Gasteiger partial charge on any atom is 0.264 e. The van der Waals surface area contributed by atoms with E-state index >= 15 is 0 Å². The lowest BCUT2D eigenvalue weighted by Gasteiger charge is -2.25. The van der Waals surface area contributed by atoms with Crippen LogP contribution in [0.5, 0.6) is 11.5 Å². The fourth-order valence-corrected chi connectivity index (χ4v) is 4.92. The number of carbonyl (C=O) groups is 1. The van der Waals surface area contributed by atoms with Gasteiger partial charge >= 0.3 is 0 Å². The lowest BCUT2D eigenvalue weighted by molar-refractivity contribution is -0.120. The molecule has 3 rings (SSSR count). The summed E-state index contributed by atoms with van der Waals surface area (Å²) in [5, 5.41) is 2.90. The second kappa shape index (κ2) is 10.6. The molecule has 0 heterocycles. The molecular weight excluding hydrogens is 452 g/mol. The smallest absolute Gasteiger partial charge is 0.264 e. The third-order valence-electron chi connectivity index (χ3n) is 5.51. The summed E-state index contributed by atoms with van der Waals surface area (Å²) in [6, 6.07) is 18.9. The van der Waals surface area contributed by atoms with Crippen LogP contribution in [0.3, 0.4) is 0 Å². The van der Waals surface area contributed by atoms with Crippen molar-refractivity contribution in [3.8, 4) is 11.5 Å². The molecule has 34 heavy (non-hydrogen) atoms. The Morgan fingerprint density at radius 1 is 0.882 bits per heavy atom. The van der Waals surface area contributed by atoms with Gasteiger partial charge in [-0.1, -0.05) is 47.5 Å². The summed E-state index contributed by atoms with van der Waals surface area (Å²) in [4.78, 5) is 13.0. The van der Waals surface area contributed by atoms with E-state index in [2.05, 4.69) is 5.32 Å². The quantitative estimate of drug-likeness (QED) is 0.489. The van der Waals surface area contributed by atoms with Gasteiger partial charge in [-0.3, -0.25) is 9.10 Å². The van der Waals surface area contributed by atoms with Gasteiger partial charge in [0.15, 0.2) is 11.5 Å². The summed E-state index contributed by atoms with van der Waals surface area (Å²) in [5.74, 6) is 0.274. The highest BCUT2D eigenvalue weighted by Crippen LogP contribution is 2.32. The van der Waals surface area contributed by atoms with E-state index in [0.717, 1.165) is 21.0 Å². The first-order chi connectivity index (χ1) is 16.1. The van der Waals surface area contributed by atoms with Crippen LogP contribution in [0.4, 0.5) is 5.69 Å². The van der Waals surface area contributed by atoms with E-state index in [1.807, 2.05) is 45.0 Å². The molecular formula is C26H30N2O5S. The van der Waals surface area contributed by atoms with Gasteiger partial charge < -0.3 is 14.8 Å². The van der Waals surface area contributed by atoms with Crippen LogP contribution in [0.25, 0.3) is 0 Å². The molecule has 0 fully saturated rings. The van der Waals surface area contributed by atoms with Crippen LogP contribution in [-0.2, 0) is 14.8 Å². The third kappa shape index (κ3) is 5.69. The van der Waals surface area contributed by atoms with Gasteiger partial charge in [-0.15, -0.1) is 0 Å². The van der Waals surface area contributed by atoms with Crippen LogP contribution in [0.1, 0.15) is 29.7 Å². The predicted molar refractivity (Wildman–Crippen MR) is 133 cm³/mol. The van der Waals surface area contributed by atoms with Crippen LogP contribution >= 0.6 is 0 Å². The van der Waals surface area contributed by atoms with Crippen LogP contribution in [0, 0.1) is 13.8 Å². The second-order valence-corrected chi connectivity index (χ2v) is 9.93. The van der Waals surface area contributed by atoms with E-state index in [4.69, 9.17) is 9.47 Å². The summed E-state index contributed by atoms with van der Waals surface area (Å²) in [6.07, 6.45) is 0. The number of benzene rings is 3. The monoisotopic (exact) mass is 482 g/mol. The predicted octanol–water partition coefficient (Wildman–Crippen LogP) is 4.39. The summed E-state index contributed by atoms with van der Waals surface area (Å²) >= 11 is 0. The lowest BCUT2D eigenvalue weighted by atomic mass is 10.1. The van der Waals surface area contributed by atoms with Gasteiger partial charge in [0, 0.05) is 6.07 Å². The lowest BCUT2D eigenvalue weighted by Crippen LogP contribution is -2.41. The molecule has 0 aliphatic heterocycles. The molecule has 1 atom stereocenters. The molecule has 0 bridgehead atoms. The number of aryl methyl sites for hydroxylation is 2. The first-order valence-corrected chi connectivity index (χ1v) is 12.3. The largest absolute Gasteiger partial charge is 0.493 e. The van der Waals surface area contributed by atoms with E-state index in [1.165, 1.54) is 32.4 Å². The molecule has 3 aromatic rings. The van der Waals surface area contributed by atoms with Crippen molar-refractivity contribution < 1.29 is 22.7 Å². The van der Waals surface area contributed by atoms with Gasteiger partial charge in [0.2, 0.25) is 5.91 Å². The molecule has 7 nitrogen and oxygen atoms in total. The Balaban J connectivity index is 1.93. The van der Waals surface area contributed by atoms with Gasteiger partial charge in [-0.25, -0.2) is 8.42 Å². The average Bonchev–Trinajstić information content (AvgIpc) is 2.83. The molecule has 8 heteroatoms. The summed E-state index contributed by atoms with van der Waals surface area (Å²) in [7, 11) is -1.18. The minimum absolute atomic E-state index is 0.00916. The normalized spacial score (nSPS) is 12.0. The number of nitrogens with zero attached hydrogens (tertiary/aromatic N) is 1. The Labute approximate surface area is 201 Å². The van der Waals surface area contributed by atoms with Crippen molar-refractivity contribution in [2.45, 2.75) is 31.7 Å². The molecule has 0 saturated heterocycles. The minimum Gasteiger partial charge on any atom is -0.493 e. The Morgan fingerprint density at radius 2 is 1.44 bits per heavy atom. The number of hydrogen-bond donors (Lipinski definition) is 1. The molecule has 3 aromatic carbocycles. The summed E-state index contributed by atoms with van der Waals surface area (Å²) in [6.45, 7) is 5.38. The number of ether oxygens (including phenoxy) is 2. The number of hydrogen-bond acceptors (Lipinski definition) is 5. The maximum absolute atomic E-state index is 13.7. The molecule has 0 spiro atoms. The first-order valence-electron chi connectivity index (χ1n) is 10.8. The highest BCUT2D eigenvalue weighted by atomic mass is 32.2. The van der Waals surface area contributed by atoms with Crippen molar-refractivity contribution in [2.24, 2.45) is 0 Å². The van der Waals surface area contributed by atoms with E-state index in [9.17, 15) is 13.2 Å². The molecule has 1 unspecified atom stereocenters. The fourth-order valence-electron chi connectivity index (χ4n) is 3.49. The number of anilines is 1. The summed E-state index contributed by atoms with van der Waals surface area (Å²) in [5.41, 5.74) is 3.42. The highest BCUT2D eigenvalue weighted by Gasteiger charge is 2.28. The molecule has 0 aliphatic carbocycles. The number of amides is 1. The Bertz CT molecular complexity index is 1240. The molecule has 0 aromatic heterocycles. The van der Waals surface area contributed by atoms with Gasteiger partial charge in [0.1, 0.15) is 6.54 Å². The topological polar surface area (TPSA) is 84.9 Å². The number of rotatable bonds is 9. The first kappa shape index (κ1) is 25.1. The SMILES string of the molecule is COc1ccc(S(=O)(=O)N(CC(=O)NC(C)c2ccc(C)cc2)c2ccc(C)cc2)cc1OC. The van der Waals surface area contributed by atoms with Crippen molar-refractivity contribution in [1.29, 1.82) is 0 Å². The Hall–Kier alpha value is -3.52. The third-order valence-corrected chi connectivity index (χ3v) is 7.28. The molecule has 0 radical (unpaired) electrons. The van der Waals surface area contributed by atoms with Crippen LogP contribution in [0.2, 0.25) is 0 Å². The molecule has 1 N–H and O–H groups in total. The van der Waals surface area contributed by atoms with Crippen LogP contribution in [0.15, 0.2) is 71.6 Å². The van der Waals surface area contributed by atoms with Gasteiger partial charge in [-0.05, 0) is 50.6 Å². The van der Waals surface area contributed by atoms with E-state index in [1.54, 1.807) is 24.3 Å². The Kier molecular flexibility index (Phi) is 7.83. The van der Waals surface area contributed by atoms with Gasteiger partial charge in [0.05, 0.1) is 30.8 Å². The summed E-state index contributed by atoms with van der Waals surface area (Å²) < 4.78 is 38.9. The second-order valence-electron chi connectivity index (χ2n) is 8.06. The average molecular weight is 483 g/mol. The molecule has 1 amide bonds. The van der Waals surface area contributed by atoms with Gasteiger partial charge in [-0.2, -0.15) is 0 Å². The van der Waals surface area contributed by atoms with E-state index < -0.39 is 15.9 Å². The van der Waals surface area contributed by atoms with Crippen molar-refractivity contribution in [1.82, 2.24) is 5.32 Å². The standard InChI is InChI=1S/C26H30N2O5S/c1-18-6-10-21(11-7-18)20(3)27-26(29)17-28(22-12-8-19(2)9-13-22)34(30,31)23-14-15-24(32-4)25(16-23)33-5/h6-16,20H,17H2,1-5H3,(H,27,29). The van der Waals surface area contributed by atoms with Crippen molar-refractivity contribution in [3.05, 3.63) is 83.4 Å². The van der Waals surface area contributed by atoms with Gasteiger partial charge in [0.25, 0.3) is 10.0 Å². The zero-order valence-electron chi connectivity index (χ0n) is 20.0. The van der Waals surface area contributed by atoms with E-state index in [0.29, 0.717) is 11.4 Å². The van der Waals surface area contributed by atoms with Crippen molar-refractivity contribution in [2.75, 3.05) is 25.1 Å². The van der Waals surface area contributed by atoms with Crippen molar-refractivity contribution in [3.63, 3.8) is 0 Å². The minimum atomic E-state index is -4.09. The maximum atomic E-state index is 13.7. The molecule has 180 valence electrons. The highest BCUT2D eigenvalue weighted by molar-refractivity contribution is 7.92.